The fraction of sp³-hybridized carbons (Fsp3) is 0.533. The zero-order valence-corrected chi connectivity index (χ0v) is 11.4. The predicted molar refractivity (Wildman–Crippen MR) is 74.4 cm³/mol. The maximum absolute atomic E-state index is 11.9. The van der Waals surface area contributed by atoms with Crippen LogP contribution >= 0.6 is 0 Å². The molecule has 1 fully saturated rings. The second-order valence-corrected chi connectivity index (χ2v) is 5.30. The minimum Gasteiger partial charge on any atom is -0.461 e. The molecule has 1 aliphatic rings. The summed E-state index contributed by atoms with van der Waals surface area (Å²) >= 11 is 0. The van der Waals surface area contributed by atoms with Gasteiger partial charge in [-0.25, -0.2) is 0 Å². The van der Waals surface area contributed by atoms with Gasteiger partial charge in [0.15, 0.2) is 0 Å². The minimum absolute atomic E-state index is 0.103. The zero-order valence-electron chi connectivity index (χ0n) is 11.4. The van der Waals surface area contributed by atoms with Crippen LogP contribution in [0.3, 0.4) is 0 Å². The minimum atomic E-state index is -0.135. The SMILES string of the molecule is CC(CN1CC[C@@H](N)C1)C(=O)OCc1ccccc1. The van der Waals surface area contributed by atoms with Gasteiger partial charge in [0.25, 0.3) is 0 Å². The van der Waals surface area contributed by atoms with E-state index in [0.29, 0.717) is 6.61 Å². The van der Waals surface area contributed by atoms with Gasteiger partial charge < -0.3 is 15.4 Å². The summed E-state index contributed by atoms with van der Waals surface area (Å²) in [6, 6.07) is 10.0. The predicted octanol–water partition coefficient (Wildman–Crippen LogP) is 1.40. The molecule has 0 bridgehead atoms. The fourth-order valence-electron chi connectivity index (χ4n) is 2.36. The molecule has 4 heteroatoms. The summed E-state index contributed by atoms with van der Waals surface area (Å²) in [5.41, 5.74) is 6.87. The van der Waals surface area contributed by atoms with Crippen LogP contribution in [0.15, 0.2) is 30.3 Å². The van der Waals surface area contributed by atoms with Crippen LogP contribution in [0, 0.1) is 5.92 Å². The molecule has 1 aliphatic heterocycles. The van der Waals surface area contributed by atoms with Crippen LogP contribution in [0.5, 0.6) is 0 Å². The summed E-state index contributed by atoms with van der Waals surface area (Å²) in [6.07, 6.45) is 1.02. The number of likely N-dealkylation sites (tertiary alicyclic amines) is 1. The lowest BCUT2D eigenvalue weighted by molar-refractivity contribution is -0.149. The van der Waals surface area contributed by atoms with E-state index in [0.717, 1.165) is 31.6 Å². The number of nitrogens with two attached hydrogens (primary N) is 1. The Morgan fingerprint density at radius 3 is 2.84 bits per heavy atom. The van der Waals surface area contributed by atoms with Crippen molar-refractivity contribution in [3.05, 3.63) is 35.9 Å². The Morgan fingerprint density at radius 1 is 1.47 bits per heavy atom. The topological polar surface area (TPSA) is 55.6 Å². The second-order valence-electron chi connectivity index (χ2n) is 5.30. The lowest BCUT2D eigenvalue weighted by atomic mass is 10.1. The van der Waals surface area contributed by atoms with Crippen LogP contribution < -0.4 is 5.73 Å². The summed E-state index contributed by atoms with van der Waals surface area (Å²) < 4.78 is 5.33. The highest BCUT2D eigenvalue weighted by molar-refractivity contribution is 5.72. The Kier molecular flexibility index (Phi) is 4.93. The van der Waals surface area contributed by atoms with Crippen LogP contribution in [-0.4, -0.2) is 36.5 Å². The number of carbonyl (C=O) groups excluding carboxylic acids is 1. The van der Waals surface area contributed by atoms with Crippen molar-refractivity contribution in [2.75, 3.05) is 19.6 Å². The highest BCUT2D eigenvalue weighted by atomic mass is 16.5. The third-order valence-electron chi connectivity index (χ3n) is 3.47. The first-order valence-corrected chi connectivity index (χ1v) is 6.83. The van der Waals surface area contributed by atoms with Crippen molar-refractivity contribution in [3.8, 4) is 0 Å². The fourth-order valence-corrected chi connectivity index (χ4v) is 2.36. The molecule has 0 aromatic heterocycles. The highest BCUT2D eigenvalue weighted by Gasteiger charge is 2.24. The van der Waals surface area contributed by atoms with Gasteiger partial charge in [0, 0.05) is 19.1 Å². The molecule has 1 saturated heterocycles. The summed E-state index contributed by atoms with van der Waals surface area (Å²) in [5.74, 6) is -0.238. The first-order valence-electron chi connectivity index (χ1n) is 6.83. The molecular weight excluding hydrogens is 240 g/mol. The Morgan fingerprint density at radius 2 is 2.21 bits per heavy atom. The third-order valence-corrected chi connectivity index (χ3v) is 3.47. The Balaban J connectivity index is 1.73. The second kappa shape index (κ2) is 6.68. The van der Waals surface area contributed by atoms with Gasteiger partial charge in [-0.1, -0.05) is 37.3 Å². The maximum atomic E-state index is 11.9. The molecule has 19 heavy (non-hydrogen) atoms. The highest BCUT2D eigenvalue weighted by Crippen LogP contribution is 2.11. The van der Waals surface area contributed by atoms with Gasteiger partial charge in [0.2, 0.25) is 0 Å². The Hall–Kier alpha value is -1.39. The van der Waals surface area contributed by atoms with E-state index in [2.05, 4.69) is 4.90 Å². The van der Waals surface area contributed by atoms with E-state index in [-0.39, 0.29) is 17.9 Å². The molecular formula is C15H22N2O2. The number of hydrogen-bond acceptors (Lipinski definition) is 4. The molecule has 2 rings (SSSR count). The molecule has 0 spiro atoms. The number of esters is 1. The van der Waals surface area contributed by atoms with Crippen molar-refractivity contribution in [2.24, 2.45) is 11.7 Å². The molecule has 0 aliphatic carbocycles. The lowest BCUT2D eigenvalue weighted by Crippen LogP contribution is -2.33. The summed E-state index contributed by atoms with van der Waals surface area (Å²) in [4.78, 5) is 14.1. The Labute approximate surface area is 114 Å². The van der Waals surface area contributed by atoms with Crippen molar-refractivity contribution in [2.45, 2.75) is 26.0 Å². The van der Waals surface area contributed by atoms with E-state index in [1.54, 1.807) is 0 Å². The van der Waals surface area contributed by atoms with Crippen molar-refractivity contribution in [1.82, 2.24) is 4.90 Å². The first-order chi connectivity index (χ1) is 9.15. The molecule has 104 valence electrons. The summed E-state index contributed by atoms with van der Waals surface area (Å²) in [5, 5.41) is 0. The first kappa shape index (κ1) is 14.0. The maximum Gasteiger partial charge on any atom is 0.310 e. The molecule has 0 saturated carbocycles. The van der Waals surface area contributed by atoms with E-state index in [1.165, 1.54) is 0 Å². The van der Waals surface area contributed by atoms with Gasteiger partial charge in [0.1, 0.15) is 6.61 Å². The number of benzene rings is 1. The van der Waals surface area contributed by atoms with Crippen molar-refractivity contribution in [1.29, 1.82) is 0 Å². The normalized spacial score (nSPS) is 21.3. The van der Waals surface area contributed by atoms with Gasteiger partial charge in [-0.2, -0.15) is 0 Å². The van der Waals surface area contributed by atoms with E-state index in [9.17, 15) is 4.79 Å². The smallest absolute Gasteiger partial charge is 0.310 e. The number of ether oxygens (including phenoxy) is 1. The average Bonchev–Trinajstić information content (AvgIpc) is 2.82. The summed E-state index contributed by atoms with van der Waals surface area (Å²) in [6.45, 7) is 4.87. The molecule has 2 atom stereocenters. The number of carbonyl (C=O) groups is 1. The summed E-state index contributed by atoms with van der Waals surface area (Å²) in [7, 11) is 0. The molecule has 1 unspecified atom stereocenters. The zero-order chi connectivity index (χ0) is 13.7. The lowest BCUT2D eigenvalue weighted by Gasteiger charge is -2.19. The molecule has 1 aromatic rings. The van der Waals surface area contributed by atoms with Crippen LogP contribution in [-0.2, 0) is 16.1 Å². The quantitative estimate of drug-likeness (QED) is 0.815. The standard InChI is InChI=1S/C15H22N2O2/c1-12(9-17-8-7-14(16)10-17)15(18)19-11-13-5-3-2-4-6-13/h2-6,12,14H,7-11,16H2,1H3/t12?,14-/m1/s1. The number of hydrogen-bond donors (Lipinski definition) is 1. The van der Waals surface area contributed by atoms with Gasteiger partial charge in [-0.3, -0.25) is 4.79 Å². The largest absolute Gasteiger partial charge is 0.461 e. The van der Waals surface area contributed by atoms with Crippen molar-refractivity contribution in [3.63, 3.8) is 0 Å². The van der Waals surface area contributed by atoms with Crippen LogP contribution in [0.25, 0.3) is 0 Å². The monoisotopic (exact) mass is 262 g/mol. The van der Waals surface area contributed by atoms with Crippen molar-refractivity contribution >= 4 is 5.97 Å². The van der Waals surface area contributed by atoms with Crippen LogP contribution in [0.2, 0.25) is 0 Å². The van der Waals surface area contributed by atoms with Gasteiger partial charge in [0.05, 0.1) is 5.92 Å². The molecule has 2 N–H and O–H groups in total. The van der Waals surface area contributed by atoms with E-state index >= 15 is 0 Å². The molecule has 4 nitrogen and oxygen atoms in total. The molecule has 0 radical (unpaired) electrons. The average molecular weight is 262 g/mol. The van der Waals surface area contributed by atoms with Gasteiger partial charge in [-0.15, -0.1) is 0 Å². The van der Waals surface area contributed by atoms with Gasteiger partial charge in [-0.05, 0) is 18.5 Å². The third kappa shape index (κ3) is 4.33. The van der Waals surface area contributed by atoms with Crippen LogP contribution in [0.1, 0.15) is 18.9 Å². The number of rotatable bonds is 5. The van der Waals surface area contributed by atoms with E-state index < -0.39 is 0 Å². The number of nitrogens with zero attached hydrogens (tertiary/aromatic N) is 1. The Bertz CT molecular complexity index is 408. The molecule has 1 heterocycles. The van der Waals surface area contributed by atoms with E-state index in [1.807, 2.05) is 37.3 Å². The van der Waals surface area contributed by atoms with Gasteiger partial charge >= 0.3 is 5.97 Å². The van der Waals surface area contributed by atoms with Crippen molar-refractivity contribution < 1.29 is 9.53 Å². The molecule has 1 aromatic carbocycles. The van der Waals surface area contributed by atoms with Crippen LogP contribution in [0.4, 0.5) is 0 Å². The molecule has 0 amide bonds. The van der Waals surface area contributed by atoms with E-state index in [4.69, 9.17) is 10.5 Å².